The zero-order valence-electron chi connectivity index (χ0n) is 10.4. The van der Waals surface area contributed by atoms with Gasteiger partial charge < -0.3 is 5.32 Å². The van der Waals surface area contributed by atoms with Gasteiger partial charge in [0.2, 0.25) is 0 Å². The van der Waals surface area contributed by atoms with E-state index in [0.717, 1.165) is 28.9 Å². The van der Waals surface area contributed by atoms with E-state index in [2.05, 4.69) is 74.1 Å². The summed E-state index contributed by atoms with van der Waals surface area (Å²) in [4.78, 5) is 0. The summed E-state index contributed by atoms with van der Waals surface area (Å²) in [5.74, 6) is 0. The van der Waals surface area contributed by atoms with Crippen molar-refractivity contribution in [3.05, 3.63) is 43.7 Å². The second kappa shape index (κ2) is 6.06. The molecule has 1 heterocycles. The summed E-state index contributed by atoms with van der Waals surface area (Å²) < 4.78 is 4.34. The Kier molecular flexibility index (Phi) is 4.66. The maximum atomic E-state index is 4.45. The molecule has 0 saturated heterocycles. The van der Waals surface area contributed by atoms with E-state index in [4.69, 9.17) is 0 Å². The van der Waals surface area contributed by atoms with Crippen LogP contribution in [0.5, 0.6) is 0 Å². The standard InChI is InChI=1S/C13H15BrIN3/c1-3-18-11(6-9(2)17-18)8-16-13-7-10(14)4-5-12(13)15/h4-7,16H,3,8H2,1-2H3. The normalized spacial score (nSPS) is 10.7. The molecule has 0 aliphatic carbocycles. The van der Waals surface area contributed by atoms with Crippen LogP contribution in [0.1, 0.15) is 18.3 Å². The molecule has 0 spiro atoms. The fraction of sp³-hybridized carbons (Fsp3) is 0.308. The molecular weight excluding hydrogens is 405 g/mol. The molecule has 2 rings (SSSR count). The van der Waals surface area contributed by atoms with Crippen LogP contribution < -0.4 is 5.32 Å². The van der Waals surface area contributed by atoms with Crippen molar-refractivity contribution in [2.75, 3.05) is 5.32 Å². The molecule has 1 N–H and O–H groups in total. The van der Waals surface area contributed by atoms with Crippen LogP contribution in [-0.4, -0.2) is 9.78 Å². The Hall–Kier alpha value is -0.560. The first-order valence-corrected chi connectivity index (χ1v) is 7.69. The van der Waals surface area contributed by atoms with Crippen molar-refractivity contribution in [2.45, 2.75) is 26.9 Å². The molecule has 5 heteroatoms. The van der Waals surface area contributed by atoms with E-state index >= 15 is 0 Å². The fourth-order valence-electron chi connectivity index (χ4n) is 1.83. The molecule has 2 aromatic rings. The first kappa shape index (κ1) is 13.9. The van der Waals surface area contributed by atoms with E-state index in [-0.39, 0.29) is 0 Å². The predicted octanol–water partition coefficient (Wildman–Crippen LogP) is 4.19. The van der Waals surface area contributed by atoms with Gasteiger partial charge in [-0.3, -0.25) is 4.68 Å². The lowest BCUT2D eigenvalue weighted by Crippen LogP contribution is -2.08. The van der Waals surface area contributed by atoms with Gasteiger partial charge in [0, 0.05) is 20.3 Å². The molecule has 3 nitrogen and oxygen atoms in total. The minimum Gasteiger partial charge on any atom is -0.379 e. The third-order valence-corrected chi connectivity index (χ3v) is 4.11. The van der Waals surface area contributed by atoms with Crippen molar-refractivity contribution in [1.29, 1.82) is 0 Å². The lowest BCUT2D eigenvalue weighted by molar-refractivity contribution is 0.623. The van der Waals surface area contributed by atoms with E-state index in [1.165, 1.54) is 9.26 Å². The summed E-state index contributed by atoms with van der Waals surface area (Å²) in [5.41, 5.74) is 3.43. The van der Waals surface area contributed by atoms with Gasteiger partial charge in [-0.2, -0.15) is 5.10 Å². The highest BCUT2D eigenvalue weighted by atomic mass is 127. The summed E-state index contributed by atoms with van der Waals surface area (Å²) in [7, 11) is 0. The Bertz CT molecular complexity index is 551. The van der Waals surface area contributed by atoms with E-state index in [9.17, 15) is 0 Å². The van der Waals surface area contributed by atoms with Gasteiger partial charge in [-0.05, 0) is 60.7 Å². The van der Waals surface area contributed by atoms with Crippen LogP contribution in [0, 0.1) is 10.5 Å². The Balaban J connectivity index is 2.13. The number of benzene rings is 1. The molecule has 0 radical (unpaired) electrons. The first-order valence-electron chi connectivity index (χ1n) is 5.82. The molecule has 0 aliphatic heterocycles. The summed E-state index contributed by atoms with van der Waals surface area (Å²) >= 11 is 5.83. The SMILES string of the molecule is CCn1nc(C)cc1CNc1cc(Br)ccc1I. The minimum atomic E-state index is 0.793. The summed E-state index contributed by atoms with van der Waals surface area (Å²) in [6.45, 7) is 5.83. The highest BCUT2D eigenvalue weighted by molar-refractivity contribution is 14.1. The molecule has 0 amide bonds. The summed E-state index contributed by atoms with van der Waals surface area (Å²) in [5, 5.41) is 7.91. The van der Waals surface area contributed by atoms with Gasteiger partial charge in [0.05, 0.1) is 17.9 Å². The Labute approximate surface area is 129 Å². The first-order chi connectivity index (χ1) is 8.60. The monoisotopic (exact) mass is 419 g/mol. The third-order valence-electron chi connectivity index (χ3n) is 2.67. The van der Waals surface area contributed by atoms with Gasteiger partial charge in [-0.25, -0.2) is 0 Å². The topological polar surface area (TPSA) is 29.9 Å². The fourth-order valence-corrected chi connectivity index (χ4v) is 2.72. The minimum absolute atomic E-state index is 0.793. The highest BCUT2D eigenvalue weighted by Gasteiger charge is 2.05. The molecule has 18 heavy (non-hydrogen) atoms. The number of aromatic nitrogens is 2. The van der Waals surface area contributed by atoms with E-state index in [1.54, 1.807) is 0 Å². The number of hydrogen-bond acceptors (Lipinski definition) is 2. The number of aryl methyl sites for hydroxylation is 2. The van der Waals surface area contributed by atoms with Gasteiger partial charge in [0.15, 0.2) is 0 Å². The Morgan fingerprint density at radius 2 is 2.17 bits per heavy atom. The molecule has 0 fully saturated rings. The molecule has 0 atom stereocenters. The average Bonchev–Trinajstić information content (AvgIpc) is 2.71. The quantitative estimate of drug-likeness (QED) is 0.753. The van der Waals surface area contributed by atoms with Crippen LogP contribution in [0.3, 0.4) is 0 Å². The second-order valence-electron chi connectivity index (χ2n) is 4.07. The molecule has 0 aliphatic rings. The van der Waals surface area contributed by atoms with Crippen molar-refractivity contribution in [1.82, 2.24) is 9.78 Å². The van der Waals surface area contributed by atoms with Gasteiger partial charge in [-0.1, -0.05) is 15.9 Å². The number of anilines is 1. The van der Waals surface area contributed by atoms with Crippen LogP contribution in [-0.2, 0) is 13.1 Å². The van der Waals surface area contributed by atoms with Gasteiger partial charge >= 0.3 is 0 Å². The maximum absolute atomic E-state index is 4.45. The van der Waals surface area contributed by atoms with Crippen molar-refractivity contribution < 1.29 is 0 Å². The molecule has 1 aromatic heterocycles. The maximum Gasteiger partial charge on any atom is 0.0597 e. The largest absolute Gasteiger partial charge is 0.379 e. The Morgan fingerprint density at radius 1 is 1.39 bits per heavy atom. The number of nitrogens with one attached hydrogen (secondary N) is 1. The molecule has 0 saturated carbocycles. The van der Waals surface area contributed by atoms with Crippen LogP contribution in [0.15, 0.2) is 28.7 Å². The number of nitrogens with zero attached hydrogens (tertiary/aromatic N) is 2. The van der Waals surface area contributed by atoms with Gasteiger partial charge in [0.25, 0.3) is 0 Å². The van der Waals surface area contributed by atoms with Crippen molar-refractivity contribution in [3.8, 4) is 0 Å². The average molecular weight is 420 g/mol. The lowest BCUT2D eigenvalue weighted by atomic mass is 10.3. The van der Waals surface area contributed by atoms with Crippen LogP contribution in [0.4, 0.5) is 5.69 Å². The van der Waals surface area contributed by atoms with Gasteiger partial charge in [-0.15, -0.1) is 0 Å². The Morgan fingerprint density at radius 3 is 2.89 bits per heavy atom. The van der Waals surface area contributed by atoms with Crippen LogP contribution in [0.25, 0.3) is 0 Å². The van der Waals surface area contributed by atoms with Crippen molar-refractivity contribution >= 4 is 44.2 Å². The van der Waals surface area contributed by atoms with E-state index in [1.807, 2.05) is 17.7 Å². The third kappa shape index (κ3) is 3.26. The summed E-state index contributed by atoms with van der Waals surface area (Å²) in [6.07, 6.45) is 0. The number of hydrogen-bond donors (Lipinski definition) is 1. The zero-order valence-corrected chi connectivity index (χ0v) is 14.1. The van der Waals surface area contributed by atoms with Crippen LogP contribution in [0.2, 0.25) is 0 Å². The molecule has 0 unspecified atom stereocenters. The molecular formula is C13H15BrIN3. The summed E-state index contributed by atoms with van der Waals surface area (Å²) in [6, 6.07) is 8.37. The predicted molar refractivity (Wildman–Crippen MR) is 86.8 cm³/mol. The smallest absolute Gasteiger partial charge is 0.0597 e. The lowest BCUT2D eigenvalue weighted by Gasteiger charge is -2.10. The highest BCUT2D eigenvalue weighted by Crippen LogP contribution is 2.23. The zero-order chi connectivity index (χ0) is 13.1. The molecule has 0 bridgehead atoms. The molecule has 1 aromatic carbocycles. The van der Waals surface area contributed by atoms with Crippen molar-refractivity contribution in [2.24, 2.45) is 0 Å². The number of rotatable bonds is 4. The van der Waals surface area contributed by atoms with Gasteiger partial charge in [0.1, 0.15) is 0 Å². The molecule has 96 valence electrons. The van der Waals surface area contributed by atoms with Crippen LogP contribution >= 0.6 is 38.5 Å². The van der Waals surface area contributed by atoms with Crippen molar-refractivity contribution in [3.63, 3.8) is 0 Å². The van der Waals surface area contributed by atoms with E-state index < -0.39 is 0 Å². The second-order valence-corrected chi connectivity index (χ2v) is 6.15. The number of halogens is 2. The van der Waals surface area contributed by atoms with E-state index in [0.29, 0.717) is 0 Å².